The van der Waals surface area contributed by atoms with E-state index < -0.39 is 5.41 Å². The third-order valence-electron chi connectivity index (χ3n) is 5.02. The van der Waals surface area contributed by atoms with E-state index in [1.54, 1.807) is 0 Å². The average molecular weight is 289 g/mol. The highest BCUT2D eigenvalue weighted by Gasteiger charge is 2.65. The summed E-state index contributed by atoms with van der Waals surface area (Å²) in [6.07, 6.45) is 0.853. The van der Waals surface area contributed by atoms with Crippen LogP contribution in [0, 0.1) is 5.41 Å². The zero-order chi connectivity index (χ0) is 14.6. The molecule has 0 unspecified atom stereocenters. The van der Waals surface area contributed by atoms with E-state index in [-0.39, 0.29) is 43.3 Å². The smallest absolute Gasteiger partial charge is 0.226 e. The minimum absolute atomic E-state index is 0.0103. The summed E-state index contributed by atoms with van der Waals surface area (Å²) in [4.78, 5) is 12.7. The fourth-order valence-electron chi connectivity index (χ4n) is 3.96. The zero-order valence-corrected chi connectivity index (χ0v) is 11.9. The maximum Gasteiger partial charge on any atom is 0.226 e. The molecular weight excluding hydrogens is 270 g/mol. The molecule has 1 aromatic rings. The summed E-state index contributed by atoms with van der Waals surface area (Å²) in [5.74, 6) is 0.849. The van der Waals surface area contributed by atoms with E-state index in [1.807, 2.05) is 31.2 Å². The van der Waals surface area contributed by atoms with Gasteiger partial charge in [-0.15, -0.1) is 0 Å². The average Bonchev–Trinajstić information content (AvgIpc) is 3.14. The van der Waals surface area contributed by atoms with Gasteiger partial charge in [0.25, 0.3) is 0 Å². The maximum absolute atomic E-state index is 12.7. The first kappa shape index (κ1) is 13.1. The van der Waals surface area contributed by atoms with Crippen LogP contribution in [0.15, 0.2) is 24.3 Å². The summed E-state index contributed by atoms with van der Waals surface area (Å²) in [7, 11) is 0. The molecule has 0 spiro atoms. The molecule has 2 heterocycles. The summed E-state index contributed by atoms with van der Waals surface area (Å²) in [6, 6.07) is 7.93. The van der Waals surface area contributed by atoms with Crippen LogP contribution in [-0.4, -0.2) is 42.5 Å². The molecule has 1 amide bonds. The molecule has 0 radical (unpaired) electrons. The van der Waals surface area contributed by atoms with Gasteiger partial charge in [0.1, 0.15) is 18.0 Å². The van der Waals surface area contributed by atoms with Crippen molar-refractivity contribution in [1.82, 2.24) is 5.32 Å². The standard InChI is InChI=1S/C16H19NO4/c1-16(15(19)17-6-7-18)8-11-13(21-11)14-12(16)9-4-2-3-5-10(9)20-14/h2-5,11-14,18H,6-8H2,1H3,(H,17,19)/t11-,12+,13-,14-,16-/m0/s1. The van der Waals surface area contributed by atoms with Crippen LogP contribution in [0.3, 0.4) is 0 Å². The first-order chi connectivity index (χ1) is 10.1. The van der Waals surface area contributed by atoms with Gasteiger partial charge in [-0.2, -0.15) is 0 Å². The summed E-state index contributed by atoms with van der Waals surface area (Å²) in [6.45, 7) is 2.22. The van der Waals surface area contributed by atoms with Gasteiger partial charge < -0.3 is 19.9 Å². The molecule has 3 aliphatic rings. The minimum Gasteiger partial charge on any atom is -0.487 e. The number of aliphatic hydroxyl groups excluding tert-OH is 1. The number of carbonyl (C=O) groups excluding carboxylic acids is 1. The number of carbonyl (C=O) groups is 1. The van der Waals surface area contributed by atoms with E-state index in [1.165, 1.54) is 0 Å². The molecular formula is C16H19NO4. The number of aliphatic hydroxyl groups is 1. The molecule has 0 aromatic heterocycles. The zero-order valence-electron chi connectivity index (χ0n) is 11.9. The van der Waals surface area contributed by atoms with Crippen molar-refractivity contribution in [3.63, 3.8) is 0 Å². The molecule has 1 aromatic carbocycles. The summed E-state index contributed by atoms with van der Waals surface area (Å²) in [5, 5.41) is 11.8. The van der Waals surface area contributed by atoms with Gasteiger partial charge in [-0.1, -0.05) is 18.2 Å². The Kier molecular flexibility index (Phi) is 2.78. The van der Waals surface area contributed by atoms with E-state index in [4.69, 9.17) is 14.6 Å². The molecule has 2 aliphatic heterocycles. The molecule has 2 fully saturated rings. The van der Waals surface area contributed by atoms with E-state index in [2.05, 4.69) is 5.32 Å². The summed E-state index contributed by atoms with van der Waals surface area (Å²) >= 11 is 0. The number of benzene rings is 1. The van der Waals surface area contributed by atoms with Crippen molar-refractivity contribution in [3.8, 4) is 5.75 Å². The lowest BCUT2D eigenvalue weighted by Gasteiger charge is -2.38. The Morgan fingerprint density at radius 3 is 3.05 bits per heavy atom. The Labute approximate surface area is 123 Å². The van der Waals surface area contributed by atoms with Crippen LogP contribution in [0.5, 0.6) is 5.75 Å². The first-order valence-corrected chi connectivity index (χ1v) is 7.45. The Hall–Kier alpha value is -1.59. The normalized spacial score (nSPS) is 38.8. The number of amides is 1. The van der Waals surface area contributed by atoms with E-state index >= 15 is 0 Å². The lowest BCUT2D eigenvalue weighted by atomic mass is 9.64. The van der Waals surface area contributed by atoms with E-state index in [0.717, 1.165) is 11.3 Å². The number of rotatable bonds is 3. The quantitative estimate of drug-likeness (QED) is 0.808. The second-order valence-electron chi connectivity index (χ2n) is 6.34. The Morgan fingerprint density at radius 2 is 2.24 bits per heavy atom. The van der Waals surface area contributed by atoms with Gasteiger partial charge in [-0.25, -0.2) is 0 Å². The Balaban J connectivity index is 1.72. The fraction of sp³-hybridized carbons (Fsp3) is 0.562. The fourth-order valence-corrected chi connectivity index (χ4v) is 3.96. The minimum atomic E-state index is -0.565. The molecule has 5 heteroatoms. The molecule has 0 bridgehead atoms. The predicted octanol–water partition coefficient (Wildman–Crippen LogP) is 0.817. The van der Waals surface area contributed by atoms with Gasteiger partial charge in [0, 0.05) is 18.0 Å². The lowest BCUT2D eigenvalue weighted by molar-refractivity contribution is -0.134. The highest BCUT2D eigenvalue weighted by molar-refractivity contribution is 5.84. The van der Waals surface area contributed by atoms with Gasteiger partial charge in [0.05, 0.1) is 18.1 Å². The van der Waals surface area contributed by atoms with Crippen LogP contribution in [0.25, 0.3) is 0 Å². The number of epoxide rings is 1. The second kappa shape index (κ2) is 4.45. The Bertz CT molecular complexity index is 589. The molecule has 112 valence electrons. The van der Waals surface area contributed by atoms with Gasteiger partial charge in [-0.3, -0.25) is 4.79 Å². The van der Waals surface area contributed by atoms with Crippen LogP contribution in [0.1, 0.15) is 24.8 Å². The molecule has 5 nitrogen and oxygen atoms in total. The van der Waals surface area contributed by atoms with Crippen molar-refractivity contribution in [2.45, 2.75) is 37.6 Å². The largest absolute Gasteiger partial charge is 0.487 e. The van der Waals surface area contributed by atoms with Crippen LogP contribution in [0.2, 0.25) is 0 Å². The lowest BCUT2D eigenvalue weighted by Crippen LogP contribution is -2.51. The number of ether oxygens (including phenoxy) is 2. The predicted molar refractivity (Wildman–Crippen MR) is 75.1 cm³/mol. The van der Waals surface area contributed by atoms with Crippen molar-refractivity contribution in [1.29, 1.82) is 0 Å². The van der Waals surface area contributed by atoms with Crippen molar-refractivity contribution in [2.24, 2.45) is 5.41 Å². The van der Waals surface area contributed by atoms with Crippen molar-refractivity contribution in [3.05, 3.63) is 29.8 Å². The van der Waals surface area contributed by atoms with Crippen molar-refractivity contribution in [2.75, 3.05) is 13.2 Å². The maximum atomic E-state index is 12.7. The van der Waals surface area contributed by atoms with Crippen LogP contribution in [0.4, 0.5) is 0 Å². The van der Waals surface area contributed by atoms with E-state index in [9.17, 15) is 4.79 Å². The summed E-state index contributed by atoms with van der Waals surface area (Å²) in [5.41, 5.74) is 0.530. The van der Waals surface area contributed by atoms with Gasteiger partial charge >= 0.3 is 0 Å². The SMILES string of the molecule is C[C@]1(C(=O)NCCO)C[C@@H]2O[C@@H]2[C@H]2Oc3ccccc3[C@H]21. The third kappa shape index (κ3) is 1.80. The topological polar surface area (TPSA) is 71.1 Å². The van der Waals surface area contributed by atoms with E-state index in [0.29, 0.717) is 6.42 Å². The molecule has 1 aliphatic carbocycles. The second-order valence-corrected chi connectivity index (χ2v) is 6.34. The number of hydrogen-bond acceptors (Lipinski definition) is 4. The van der Waals surface area contributed by atoms with Gasteiger partial charge in [0.2, 0.25) is 5.91 Å². The monoisotopic (exact) mass is 289 g/mol. The third-order valence-corrected chi connectivity index (χ3v) is 5.02. The highest BCUT2D eigenvalue weighted by Crippen LogP contribution is 2.59. The van der Waals surface area contributed by atoms with Crippen LogP contribution < -0.4 is 10.1 Å². The van der Waals surface area contributed by atoms with Crippen LogP contribution in [-0.2, 0) is 9.53 Å². The molecule has 2 N–H and O–H groups in total. The molecule has 1 saturated carbocycles. The Morgan fingerprint density at radius 1 is 1.43 bits per heavy atom. The molecule has 4 rings (SSSR count). The number of fused-ring (bicyclic) bond motifs is 5. The summed E-state index contributed by atoms with van der Waals surface area (Å²) < 4.78 is 11.8. The first-order valence-electron chi connectivity index (χ1n) is 7.45. The number of nitrogens with one attached hydrogen (secondary N) is 1. The molecule has 21 heavy (non-hydrogen) atoms. The highest BCUT2D eigenvalue weighted by atomic mass is 16.6. The van der Waals surface area contributed by atoms with Gasteiger partial charge in [0.15, 0.2) is 0 Å². The van der Waals surface area contributed by atoms with Crippen LogP contribution >= 0.6 is 0 Å². The number of hydrogen-bond donors (Lipinski definition) is 2. The molecule has 5 atom stereocenters. The van der Waals surface area contributed by atoms with Gasteiger partial charge in [-0.05, 0) is 19.4 Å². The van der Waals surface area contributed by atoms with Crippen molar-refractivity contribution >= 4 is 5.91 Å². The van der Waals surface area contributed by atoms with Crippen molar-refractivity contribution < 1.29 is 19.4 Å². The number of para-hydroxylation sites is 1. The molecule has 1 saturated heterocycles.